The Morgan fingerprint density at radius 1 is 1.50 bits per heavy atom. The van der Waals surface area contributed by atoms with Gasteiger partial charge in [-0.3, -0.25) is 4.90 Å². The fourth-order valence-corrected chi connectivity index (χ4v) is 2.93. The summed E-state index contributed by atoms with van der Waals surface area (Å²) in [5.74, 6) is 0.992. The average Bonchev–Trinajstić information content (AvgIpc) is 2.85. The predicted octanol–water partition coefficient (Wildman–Crippen LogP) is 1.57. The number of methoxy groups -OCH3 is 1. The van der Waals surface area contributed by atoms with Gasteiger partial charge in [-0.2, -0.15) is 0 Å². The summed E-state index contributed by atoms with van der Waals surface area (Å²) in [7, 11) is 1.72. The number of nitrogens with zero attached hydrogens (tertiary/aromatic N) is 1. The predicted molar refractivity (Wildman–Crippen MR) is 74.4 cm³/mol. The van der Waals surface area contributed by atoms with Crippen LogP contribution in [-0.4, -0.2) is 50.9 Å². The molecule has 1 unspecified atom stereocenters. The van der Waals surface area contributed by atoms with Gasteiger partial charge in [0.15, 0.2) is 0 Å². The molecule has 0 bridgehead atoms. The first kappa shape index (κ1) is 13.8. The second-order valence-electron chi connectivity index (χ2n) is 4.61. The van der Waals surface area contributed by atoms with Crippen LogP contribution in [0.15, 0.2) is 11.4 Å². The minimum atomic E-state index is 0.481. The molecule has 0 amide bonds. The van der Waals surface area contributed by atoms with Crippen LogP contribution in [0.2, 0.25) is 0 Å². The summed E-state index contributed by atoms with van der Waals surface area (Å²) < 4.78 is 10.7. The number of ether oxygens (including phenoxy) is 2. The molecule has 1 fully saturated rings. The van der Waals surface area contributed by atoms with Gasteiger partial charge in [0.2, 0.25) is 0 Å². The van der Waals surface area contributed by atoms with Crippen LogP contribution in [0.25, 0.3) is 0 Å². The van der Waals surface area contributed by atoms with Crippen molar-refractivity contribution >= 4 is 11.3 Å². The van der Waals surface area contributed by atoms with E-state index in [2.05, 4.69) is 22.5 Å². The van der Waals surface area contributed by atoms with Gasteiger partial charge in [-0.15, -0.1) is 11.3 Å². The molecule has 1 saturated heterocycles. The highest BCUT2D eigenvalue weighted by Gasteiger charge is 2.14. The van der Waals surface area contributed by atoms with Crippen LogP contribution in [0.4, 0.5) is 0 Å². The molecule has 4 nitrogen and oxygen atoms in total. The summed E-state index contributed by atoms with van der Waals surface area (Å²) in [6, 6.07) is 2.50. The maximum absolute atomic E-state index is 5.35. The number of thiophene rings is 1. The molecule has 102 valence electrons. The fraction of sp³-hybridized carbons (Fsp3) is 0.692. The van der Waals surface area contributed by atoms with Crippen molar-refractivity contribution in [3.63, 3.8) is 0 Å². The summed E-state index contributed by atoms with van der Waals surface area (Å²) in [6.45, 7) is 8.03. The first-order valence-electron chi connectivity index (χ1n) is 6.43. The molecule has 0 saturated carbocycles. The summed E-state index contributed by atoms with van der Waals surface area (Å²) in [4.78, 5) is 3.72. The van der Waals surface area contributed by atoms with Crippen molar-refractivity contribution in [2.75, 3.05) is 40.0 Å². The van der Waals surface area contributed by atoms with Crippen LogP contribution < -0.4 is 10.1 Å². The highest BCUT2D eigenvalue weighted by atomic mass is 32.1. The molecule has 18 heavy (non-hydrogen) atoms. The standard InChI is InChI=1S/C13H22N2O2S/c1-11(10-15-4-6-17-7-5-15)14-9-13-12(16-2)3-8-18-13/h3,8,11,14H,4-7,9-10H2,1-2H3. The molecule has 0 aliphatic carbocycles. The zero-order valence-corrected chi connectivity index (χ0v) is 12.0. The highest BCUT2D eigenvalue weighted by Crippen LogP contribution is 2.24. The van der Waals surface area contributed by atoms with E-state index in [1.807, 2.05) is 6.07 Å². The summed E-state index contributed by atoms with van der Waals surface area (Å²) in [6.07, 6.45) is 0. The number of hydrogen-bond acceptors (Lipinski definition) is 5. The van der Waals surface area contributed by atoms with Crippen molar-refractivity contribution in [1.82, 2.24) is 10.2 Å². The van der Waals surface area contributed by atoms with Crippen molar-refractivity contribution in [1.29, 1.82) is 0 Å². The quantitative estimate of drug-likeness (QED) is 0.851. The van der Waals surface area contributed by atoms with E-state index in [1.54, 1.807) is 18.4 Å². The molecule has 1 aliphatic heterocycles. The number of nitrogens with one attached hydrogen (secondary N) is 1. The molecule has 0 spiro atoms. The Bertz CT molecular complexity index is 351. The number of morpholine rings is 1. The van der Waals surface area contributed by atoms with E-state index in [-0.39, 0.29) is 0 Å². The van der Waals surface area contributed by atoms with Crippen LogP contribution in [0.3, 0.4) is 0 Å². The van der Waals surface area contributed by atoms with E-state index < -0.39 is 0 Å². The Labute approximate surface area is 113 Å². The SMILES string of the molecule is COc1ccsc1CNC(C)CN1CCOCC1. The third-order valence-electron chi connectivity index (χ3n) is 3.17. The highest BCUT2D eigenvalue weighted by molar-refractivity contribution is 7.10. The maximum Gasteiger partial charge on any atom is 0.134 e. The first-order chi connectivity index (χ1) is 8.79. The zero-order valence-electron chi connectivity index (χ0n) is 11.1. The second-order valence-corrected chi connectivity index (χ2v) is 5.61. The van der Waals surface area contributed by atoms with Crippen molar-refractivity contribution < 1.29 is 9.47 Å². The third-order valence-corrected chi connectivity index (χ3v) is 4.07. The van der Waals surface area contributed by atoms with Crippen molar-refractivity contribution in [2.45, 2.75) is 19.5 Å². The molecule has 0 radical (unpaired) electrons. The molecule has 1 aliphatic rings. The molecule has 5 heteroatoms. The normalized spacial score (nSPS) is 18.8. The van der Waals surface area contributed by atoms with Gasteiger partial charge >= 0.3 is 0 Å². The van der Waals surface area contributed by atoms with Crippen molar-refractivity contribution in [2.24, 2.45) is 0 Å². The Kier molecular flexibility index (Phi) is 5.44. The Balaban J connectivity index is 1.72. The van der Waals surface area contributed by atoms with Crippen LogP contribution in [0.5, 0.6) is 5.75 Å². The van der Waals surface area contributed by atoms with Crippen molar-refractivity contribution in [3.8, 4) is 5.75 Å². The Morgan fingerprint density at radius 3 is 3.00 bits per heavy atom. The number of hydrogen-bond donors (Lipinski definition) is 1. The lowest BCUT2D eigenvalue weighted by molar-refractivity contribution is 0.0343. The van der Waals surface area contributed by atoms with E-state index >= 15 is 0 Å². The van der Waals surface area contributed by atoms with E-state index in [0.29, 0.717) is 6.04 Å². The van der Waals surface area contributed by atoms with Crippen LogP contribution in [0, 0.1) is 0 Å². The molecule has 1 atom stereocenters. The van der Waals surface area contributed by atoms with Crippen LogP contribution >= 0.6 is 11.3 Å². The van der Waals surface area contributed by atoms with Gasteiger partial charge in [-0.25, -0.2) is 0 Å². The van der Waals surface area contributed by atoms with Gasteiger partial charge < -0.3 is 14.8 Å². The third kappa shape index (κ3) is 3.95. The van der Waals surface area contributed by atoms with Gasteiger partial charge in [-0.1, -0.05) is 0 Å². The van der Waals surface area contributed by atoms with E-state index in [9.17, 15) is 0 Å². The Morgan fingerprint density at radius 2 is 2.28 bits per heavy atom. The summed E-state index contributed by atoms with van der Waals surface area (Å²) in [5.41, 5.74) is 0. The minimum absolute atomic E-state index is 0.481. The fourth-order valence-electron chi connectivity index (χ4n) is 2.14. The van der Waals surface area contributed by atoms with Gasteiger partial charge in [0.25, 0.3) is 0 Å². The topological polar surface area (TPSA) is 33.7 Å². The van der Waals surface area contributed by atoms with E-state index in [0.717, 1.165) is 45.1 Å². The number of rotatable bonds is 6. The minimum Gasteiger partial charge on any atom is -0.496 e. The van der Waals surface area contributed by atoms with Crippen molar-refractivity contribution in [3.05, 3.63) is 16.3 Å². The van der Waals surface area contributed by atoms with E-state index in [4.69, 9.17) is 9.47 Å². The largest absolute Gasteiger partial charge is 0.496 e. The molecule has 1 N–H and O–H groups in total. The van der Waals surface area contributed by atoms with E-state index in [1.165, 1.54) is 4.88 Å². The van der Waals surface area contributed by atoms with Crippen LogP contribution in [0.1, 0.15) is 11.8 Å². The van der Waals surface area contributed by atoms with Gasteiger partial charge in [-0.05, 0) is 18.4 Å². The molecular weight excluding hydrogens is 248 g/mol. The molecule has 2 heterocycles. The lowest BCUT2D eigenvalue weighted by Gasteiger charge is -2.29. The molecular formula is C13H22N2O2S. The van der Waals surface area contributed by atoms with Gasteiger partial charge in [0, 0.05) is 32.2 Å². The molecule has 1 aromatic rings. The summed E-state index contributed by atoms with van der Waals surface area (Å²) in [5, 5.41) is 5.63. The molecule has 2 rings (SSSR count). The molecule has 0 aromatic carbocycles. The van der Waals surface area contributed by atoms with Gasteiger partial charge in [0.1, 0.15) is 5.75 Å². The summed E-state index contributed by atoms with van der Waals surface area (Å²) >= 11 is 1.74. The monoisotopic (exact) mass is 270 g/mol. The lowest BCUT2D eigenvalue weighted by Crippen LogP contribution is -2.44. The smallest absolute Gasteiger partial charge is 0.134 e. The van der Waals surface area contributed by atoms with Gasteiger partial charge in [0.05, 0.1) is 25.2 Å². The lowest BCUT2D eigenvalue weighted by atomic mass is 10.2. The zero-order chi connectivity index (χ0) is 12.8. The average molecular weight is 270 g/mol. The molecule has 1 aromatic heterocycles. The first-order valence-corrected chi connectivity index (χ1v) is 7.31. The second kappa shape index (κ2) is 7.09. The Hall–Kier alpha value is -0.620. The van der Waals surface area contributed by atoms with Crippen LogP contribution in [-0.2, 0) is 11.3 Å². The maximum atomic E-state index is 5.35.